The SMILES string of the molecule is CN(CCCNC(=O)c1cc[n+]([O-])cc1)Cc1ccccc1. The summed E-state index contributed by atoms with van der Waals surface area (Å²) < 4.78 is 0.662. The molecule has 0 aliphatic rings. The van der Waals surface area contributed by atoms with E-state index in [0.717, 1.165) is 19.5 Å². The van der Waals surface area contributed by atoms with Crippen molar-refractivity contribution in [1.29, 1.82) is 0 Å². The molecule has 0 saturated carbocycles. The number of pyridine rings is 1. The van der Waals surface area contributed by atoms with Gasteiger partial charge in [-0.3, -0.25) is 4.79 Å². The van der Waals surface area contributed by atoms with Crippen LogP contribution in [0.5, 0.6) is 0 Å². The fourth-order valence-corrected chi connectivity index (χ4v) is 2.19. The summed E-state index contributed by atoms with van der Waals surface area (Å²) in [6.45, 7) is 2.42. The molecule has 0 atom stereocenters. The van der Waals surface area contributed by atoms with Gasteiger partial charge in [-0.15, -0.1) is 0 Å². The zero-order valence-electron chi connectivity index (χ0n) is 12.7. The molecular formula is C17H21N3O2. The molecule has 116 valence electrons. The van der Waals surface area contributed by atoms with Crippen molar-refractivity contribution in [1.82, 2.24) is 10.2 Å². The van der Waals surface area contributed by atoms with Gasteiger partial charge in [-0.25, -0.2) is 0 Å². The van der Waals surface area contributed by atoms with Crippen molar-refractivity contribution in [3.8, 4) is 0 Å². The molecule has 0 unspecified atom stereocenters. The molecule has 22 heavy (non-hydrogen) atoms. The molecule has 5 nitrogen and oxygen atoms in total. The lowest BCUT2D eigenvalue weighted by Crippen LogP contribution is -2.29. The Balaban J connectivity index is 1.66. The Kier molecular flexibility index (Phi) is 5.91. The molecule has 0 saturated heterocycles. The fraction of sp³-hybridized carbons (Fsp3) is 0.294. The van der Waals surface area contributed by atoms with Gasteiger partial charge in [-0.1, -0.05) is 30.3 Å². The molecule has 1 heterocycles. The van der Waals surface area contributed by atoms with Gasteiger partial charge in [0.2, 0.25) is 0 Å². The van der Waals surface area contributed by atoms with E-state index in [2.05, 4.69) is 29.4 Å². The molecule has 0 aliphatic carbocycles. The molecule has 0 bridgehead atoms. The number of carbonyl (C=O) groups excluding carboxylic acids is 1. The Bertz CT molecular complexity index is 585. The molecule has 2 aromatic rings. The van der Waals surface area contributed by atoms with Crippen molar-refractivity contribution in [3.05, 3.63) is 71.2 Å². The highest BCUT2D eigenvalue weighted by molar-refractivity contribution is 5.93. The molecule has 2 rings (SSSR count). The molecular weight excluding hydrogens is 278 g/mol. The Hall–Kier alpha value is -2.40. The van der Waals surface area contributed by atoms with E-state index >= 15 is 0 Å². The van der Waals surface area contributed by atoms with Crippen LogP contribution in [0.15, 0.2) is 54.9 Å². The summed E-state index contributed by atoms with van der Waals surface area (Å²) in [5.41, 5.74) is 1.79. The van der Waals surface area contributed by atoms with Crippen LogP contribution in [-0.4, -0.2) is 30.9 Å². The van der Waals surface area contributed by atoms with Gasteiger partial charge < -0.3 is 15.4 Å². The molecule has 1 aromatic carbocycles. The third-order valence-electron chi connectivity index (χ3n) is 3.36. The molecule has 5 heteroatoms. The van der Waals surface area contributed by atoms with Crippen LogP contribution in [0, 0.1) is 5.21 Å². The van der Waals surface area contributed by atoms with E-state index in [-0.39, 0.29) is 5.91 Å². The van der Waals surface area contributed by atoms with Gasteiger partial charge in [0, 0.05) is 25.2 Å². The maximum absolute atomic E-state index is 11.9. The third kappa shape index (κ3) is 5.18. The zero-order valence-corrected chi connectivity index (χ0v) is 12.7. The van der Waals surface area contributed by atoms with E-state index in [0.29, 0.717) is 16.8 Å². The predicted octanol–water partition coefficient (Wildman–Crippen LogP) is 1.57. The smallest absolute Gasteiger partial charge is 0.251 e. The van der Waals surface area contributed by atoms with Crippen molar-refractivity contribution in [2.45, 2.75) is 13.0 Å². The second-order valence-corrected chi connectivity index (χ2v) is 5.28. The van der Waals surface area contributed by atoms with E-state index in [4.69, 9.17) is 0 Å². The van der Waals surface area contributed by atoms with Gasteiger partial charge >= 0.3 is 0 Å². The molecule has 0 spiro atoms. The van der Waals surface area contributed by atoms with Crippen molar-refractivity contribution in [2.24, 2.45) is 0 Å². The monoisotopic (exact) mass is 299 g/mol. The number of rotatable bonds is 7. The largest absolute Gasteiger partial charge is 0.619 e. The Morgan fingerprint density at radius 3 is 2.55 bits per heavy atom. The van der Waals surface area contributed by atoms with Crippen LogP contribution in [0.4, 0.5) is 0 Å². The summed E-state index contributed by atoms with van der Waals surface area (Å²) in [6.07, 6.45) is 3.52. The Morgan fingerprint density at radius 2 is 1.86 bits per heavy atom. The highest BCUT2D eigenvalue weighted by Gasteiger charge is 2.06. The Morgan fingerprint density at radius 1 is 1.18 bits per heavy atom. The van der Waals surface area contributed by atoms with E-state index in [1.165, 1.54) is 30.1 Å². The van der Waals surface area contributed by atoms with E-state index in [1.807, 2.05) is 18.2 Å². The van der Waals surface area contributed by atoms with E-state index in [9.17, 15) is 10.0 Å². The van der Waals surface area contributed by atoms with Crippen molar-refractivity contribution < 1.29 is 9.52 Å². The second-order valence-electron chi connectivity index (χ2n) is 5.28. The summed E-state index contributed by atoms with van der Waals surface area (Å²) in [6, 6.07) is 13.3. The number of nitrogens with zero attached hydrogens (tertiary/aromatic N) is 2. The lowest BCUT2D eigenvalue weighted by Gasteiger charge is -2.16. The molecule has 1 N–H and O–H groups in total. The fourth-order valence-electron chi connectivity index (χ4n) is 2.19. The first-order valence-corrected chi connectivity index (χ1v) is 7.34. The molecule has 1 amide bonds. The average Bonchev–Trinajstić information content (AvgIpc) is 2.53. The predicted molar refractivity (Wildman–Crippen MR) is 85.1 cm³/mol. The average molecular weight is 299 g/mol. The van der Waals surface area contributed by atoms with Crippen LogP contribution in [0.1, 0.15) is 22.3 Å². The van der Waals surface area contributed by atoms with E-state index in [1.54, 1.807) is 0 Å². The first-order chi connectivity index (χ1) is 10.6. The Labute approximate surface area is 130 Å². The quantitative estimate of drug-likeness (QED) is 0.480. The first kappa shape index (κ1) is 16.0. The van der Waals surface area contributed by atoms with Gasteiger partial charge in [-0.2, -0.15) is 4.73 Å². The summed E-state index contributed by atoms with van der Waals surface area (Å²) >= 11 is 0. The van der Waals surface area contributed by atoms with Crippen LogP contribution in [0.2, 0.25) is 0 Å². The molecule has 0 aliphatic heterocycles. The topological polar surface area (TPSA) is 59.3 Å². The summed E-state index contributed by atoms with van der Waals surface area (Å²) in [5, 5.41) is 13.8. The molecule has 1 aromatic heterocycles. The van der Waals surface area contributed by atoms with Gasteiger partial charge in [0.15, 0.2) is 12.4 Å². The number of aromatic nitrogens is 1. The summed E-state index contributed by atoms with van der Waals surface area (Å²) in [4.78, 5) is 14.1. The van der Waals surface area contributed by atoms with Gasteiger partial charge in [0.25, 0.3) is 5.91 Å². The van der Waals surface area contributed by atoms with Crippen molar-refractivity contribution >= 4 is 5.91 Å². The van der Waals surface area contributed by atoms with Crippen molar-refractivity contribution in [2.75, 3.05) is 20.1 Å². The van der Waals surface area contributed by atoms with Crippen LogP contribution < -0.4 is 10.0 Å². The minimum Gasteiger partial charge on any atom is -0.619 e. The number of hydrogen-bond acceptors (Lipinski definition) is 3. The minimum absolute atomic E-state index is 0.147. The zero-order chi connectivity index (χ0) is 15.8. The lowest BCUT2D eigenvalue weighted by atomic mass is 10.2. The van der Waals surface area contributed by atoms with Gasteiger partial charge in [0.1, 0.15) is 0 Å². The highest BCUT2D eigenvalue weighted by atomic mass is 16.5. The van der Waals surface area contributed by atoms with Crippen LogP contribution in [0.25, 0.3) is 0 Å². The van der Waals surface area contributed by atoms with Gasteiger partial charge in [-0.05, 0) is 25.6 Å². The maximum Gasteiger partial charge on any atom is 0.251 e. The lowest BCUT2D eigenvalue weighted by molar-refractivity contribution is -0.605. The molecule has 0 fully saturated rings. The van der Waals surface area contributed by atoms with Crippen molar-refractivity contribution in [3.63, 3.8) is 0 Å². The number of nitrogens with one attached hydrogen (secondary N) is 1. The van der Waals surface area contributed by atoms with Crippen LogP contribution in [0.3, 0.4) is 0 Å². The third-order valence-corrected chi connectivity index (χ3v) is 3.36. The minimum atomic E-state index is -0.147. The number of benzene rings is 1. The van der Waals surface area contributed by atoms with E-state index < -0.39 is 0 Å². The van der Waals surface area contributed by atoms with Crippen LogP contribution in [-0.2, 0) is 6.54 Å². The van der Waals surface area contributed by atoms with Gasteiger partial charge in [0.05, 0.1) is 5.56 Å². The highest BCUT2D eigenvalue weighted by Crippen LogP contribution is 2.02. The molecule has 0 radical (unpaired) electrons. The normalized spacial score (nSPS) is 10.6. The van der Waals surface area contributed by atoms with Crippen LogP contribution >= 0.6 is 0 Å². The summed E-state index contributed by atoms with van der Waals surface area (Å²) in [5.74, 6) is -0.147. The number of amides is 1. The second kappa shape index (κ2) is 8.14. The number of hydrogen-bond donors (Lipinski definition) is 1. The first-order valence-electron chi connectivity index (χ1n) is 7.34. The summed E-state index contributed by atoms with van der Waals surface area (Å²) in [7, 11) is 2.07. The number of carbonyl (C=O) groups is 1. The standard InChI is InChI=1S/C17H21N3O2/c1-19(14-15-6-3-2-4-7-15)11-5-10-18-17(21)16-8-12-20(22)13-9-16/h2-4,6-9,12-13H,5,10-11,14H2,1H3,(H,18,21). The maximum atomic E-state index is 11.9.